The third kappa shape index (κ3) is 1.44. The standard InChI is InChI=1S/C13H16N2O3/c1-12(2,14)13(6-17-7-13)8-3-4-9-10(5-8)18-11(16)15-9/h3-5H,6-7,14H2,1-2H3,(H,15,16). The third-order valence-electron chi connectivity index (χ3n) is 3.90. The lowest BCUT2D eigenvalue weighted by molar-refractivity contribution is -0.0918. The van der Waals surface area contributed by atoms with E-state index in [-0.39, 0.29) is 5.41 Å². The molecule has 0 spiro atoms. The molecular formula is C13H16N2O3. The molecule has 2 aromatic rings. The maximum atomic E-state index is 11.2. The summed E-state index contributed by atoms with van der Waals surface area (Å²) in [5, 5.41) is 0. The van der Waals surface area contributed by atoms with Crippen LogP contribution in [-0.4, -0.2) is 23.7 Å². The zero-order chi connectivity index (χ0) is 13.0. The fourth-order valence-corrected chi connectivity index (χ4v) is 2.46. The molecule has 1 fully saturated rings. The van der Waals surface area contributed by atoms with Crippen LogP contribution >= 0.6 is 0 Å². The fourth-order valence-electron chi connectivity index (χ4n) is 2.46. The quantitative estimate of drug-likeness (QED) is 0.834. The molecule has 3 N–H and O–H groups in total. The Balaban J connectivity index is 2.16. The molecule has 1 saturated heterocycles. The van der Waals surface area contributed by atoms with Gasteiger partial charge in [0.2, 0.25) is 0 Å². The number of hydrogen-bond acceptors (Lipinski definition) is 4. The predicted molar refractivity (Wildman–Crippen MR) is 67.6 cm³/mol. The number of nitrogens with two attached hydrogens (primary N) is 1. The number of benzene rings is 1. The number of aromatic amines is 1. The lowest BCUT2D eigenvalue weighted by Crippen LogP contribution is -2.64. The highest BCUT2D eigenvalue weighted by Crippen LogP contribution is 2.41. The number of hydrogen-bond donors (Lipinski definition) is 2. The summed E-state index contributed by atoms with van der Waals surface area (Å²) in [5.74, 6) is -0.437. The normalized spacial score (nSPS) is 18.8. The maximum absolute atomic E-state index is 11.2. The van der Waals surface area contributed by atoms with E-state index in [2.05, 4.69) is 4.98 Å². The van der Waals surface area contributed by atoms with Crippen molar-refractivity contribution in [1.29, 1.82) is 0 Å². The van der Waals surface area contributed by atoms with Gasteiger partial charge in [-0.1, -0.05) is 6.07 Å². The summed E-state index contributed by atoms with van der Waals surface area (Å²) >= 11 is 0. The van der Waals surface area contributed by atoms with Crippen molar-refractivity contribution >= 4 is 11.1 Å². The molecule has 0 unspecified atom stereocenters. The molecule has 96 valence electrons. The Morgan fingerprint density at radius 3 is 2.67 bits per heavy atom. The largest absolute Gasteiger partial charge is 0.417 e. The molecule has 2 heterocycles. The second-order valence-corrected chi connectivity index (χ2v) is 5.52. The van der Waals surface area contributed by atoms with E-state index in [9.17, 15) is 4.79 Å². The van der Waals surface area contributed by atoms with Gasteiger partial charge in [-0.2, -0.15) is 0 Å². The van der Waals surface area contributed by atoms with E-state index in [0.29, 0.717) is 24.3 Å². The molecule has 1 aromatic carbocycles. The second-order valence-electron chi connectivity index (χ2n) is 5.52. The molecule has 0 radical (unpaired) electrons. The maximum Gasteiger partial charge on any atom is 0.417 e. The predicted octanol–water partition coefficient (Wildman–Crippen LogP) is 1.13. The van der Waals surface area contributed by atoms with E-state index in [0.717, 1.165) is 5.56 Å². The lowest BCUT2D eigenvalue weighted by Gasteiger charge is -2.51. The Kier molecular flexibility index (Phi) is 2.21. The van der Waals surface area contributed by atoms with E-state index in [1.54, 1.807) is 0 Å². The van der Waals surface area contributed by atoms with Crippen LogP contribution in [0.2, 0.25) is 0 Å². The topological polar surface area (TPSA) is 81.3 Å². The summed E-state index contributed by atoms with van der Waals surface area (Å²) < 4.78 is 10.4. The van der Waals surface area contributed by atoms with Crippen LogP contribution in [0.1, 0.15) is 19.4 Å². The van der Waals surface area contributed by atoms with Crippen molar-refractivity contribution in [3.8, 4) is 0 Å². The highest BCUT2D eigenvalue weighted by molar-refractivity contribution is 5.73. The molecule has 3 rings (SSSR count). The molecule has 0 amide bonds. The van der Waals surface area contributed by atoms with Gasteiger partial charge in [0.25, 0.3) is 0 Å². The van der Waals surface area contributed by atoms with Crippen molar-refractivity contribution in [3.05, 3.63) is 34.3 Å². The Labute approximate surface area is 104 Å². The van der Waals surface area contributed by atoms with Crippen LogP contribution in [0, 0.1) is 0 Å². The summed E-state index contributed by atoms with van der Waals surface area (Å²) in [5.41, 5.74) is 7.99. The number of rotatable bonds is 2. The van der Waals surface area contributed by atoms with E-state index < -0.39 is 11.3 Å². The number of ether oxygens (including phenoxy) is 1. The van der Waals surface area contributed by atoms with Gasteiger partial charge >= 0.3 is 5.76 Å². The highest BCUT2D eigenvalue weighted by Gasteiger charge is 2.50. The van der Waals surface area contributed by atoms with Crippen molar-refractivity contribution in [2.75, 3.05) is 13.2 Å². The van der Waals surface area contributed by atoms with Crippen LogP contribution < -0.4 is 11.5 Å². The van der Waals surface area contributed by atoms with Crippen LogP contribution in [0.25, 0.3) is 11.1 Å². The second kappa shape index (κ2) is 3.46. The summed E-state index contributed by atoms with van der Waals surface area (Å²) in [6.07, 6.45) is 0. The first-order chi connectivity index (χ1) is 8.42. The van der Waals surface area contributed by atoms with Crippen LogP contribution in [0.3, 0.4) is 0 Å². The Bertz CT molecular complexity index is 644. The van der Waals surface area contributed by atoms with E-state index >= 15 is 0 Å². The van der Waals surface area contributed by atoms with Gasteiger partial charge in [0, 0.05) is 5.54 Å². The lowest BCUT2D eigenvalue weighted by atomic mass is 9.66. The number of aromatic nitrogens is 1. The van der Waals surface area contributed by atoms with Crippen molar-refractivity contribution in [2.24, 2.45) is 5.73 Å². The molecule has 1 aliphatic rings. The molecule has 1 aromatic heterocycles. The first-order valence-electron chi connectivity index (χ1n) is 5.92. The minimum Gasteiger partial charge on any atom is -0.408 e. The average Bonchev–Trinajstić information content (AvgIpc) is 2.52. The van der Waals surface area contributed by atoms with Gasteiger partial charge in [-0.3, -0.25) is 4.98 Å². The molecular weight excluding hydrogens is 232 g/mol. The summed E-state index contributed by atoms with van der Waals surface area (Å²) in [6.45, 7) is 5.17. The number of fused-ring (bicyclic) bond motifs is 1. The van der Waals surface area contributed by atoms with E-state index in [1.807, 2.05) is 32.0 Å². The minimum atomic E-state index is -0.437. The highest BCUT2D eigenvalue weighted by atomic mass is 16.5. The van der Waals surface area contributed by atoms with Crippen molar-refractivity contribution in [1.82, 2.24) is 4.98 Å². The van der Waals surface area contributed by atoms with Crippen molar-refractivity contribution in [3.63, 3.8) is 0 Å². The average molecular weight is 248 g/mol. The minimum absolute atomic E-state index is 0.211. The number of oxazole rings is 1. The third-order valence-corrected chi connectivity index (χ3v) is 3.90. The molecule has 18 heavy (non-hydrogen) atoms. The van der Waals surface area contributed by atoms with Gasteiger partial charge in [-0.25, -0.2) is 4.79 Å². The first-order valence-corrected chi connectivity index (χ1v) is 5.92. The Morgan fingerprint density at radius 2 is 2.11 bits per heavy atom. The molecule has 5 nitrogen and oxygen atoms in total. The molecule has 0 bridgehead atoms. The fraction of sp³-hybridized carbons (Fsp3) is 0.462. The molecule has 5 heteroatoms. The number of nitrogens with one attached hydrogen (secondary N) is 1. The van der Waals surface area contributed by atoms with Crippen molar-refractivity contribution in [2.45, 2.75) is 24.8 Å². The summed E-state index contributed by atoms with van der Waals surface area (Å²) in [6, 6.07) is 5.71. The van der Waals surface area contributed by atoms with Gasteiger partial charge in [-0.15, -0.1) is 0 Å². The zero-order valence-corrected chi connectivity index (χ0v) is 10.4. The van der Waals surface area contributed by atoms with Gasteiger partial charge in [0.1, 0.15) is 0 Å². The van der Waals surface area contributed by atoms with Gasteiger partial charge in [-0.05, 0) is 31.5 Å². The van der Waals surface area contributed by atoms with Gasteiger partial charge in [0.05, 0.1) is 24.1 Å². The smallest absolute Gasteiger partial charge is 0.408 e. The van der Waals surface area contributed by atoms with Crippen LogP contribution in [-0.2, 0) is 10.2 Å². The van der Waals surface area contributed by atoms with Crippen LogP contribution in [0.5, 0.6) is 0 Å². The van der Waals surface area contributed by atoms with E-state index in [4.69, 9.17) is 14.9 Å². The molecule has 0 aliphatic carbocycles. The van der Waals surface area contributed by atoms with Crippen LogP contribution in [0.4, 0.5) is 0 Å². The van der Waals surface area contributed by atoms with Crippen LogP contribution in [0.15, 0.2) is 27.4 Å². The van der Waals surface area contributed by atoms with Crippen molar-refractivity contribution < 1.29 is 9.15 Å². The Hall–Kier alpha value is -1.59. The Morgan fingerprint density at radius 1 is 1.39 bits per heavy atom. The molecule has 1 aliphatic heterocycles. The van der Waals surface area contributed by atoms with Gasteiger partial charge in [0.15, 0.2) is 5.58 Å². The summed E-state index contributed by atoms with van der Waals surface area (Å²) in [7, 11) is 0. The molecule has 0 saturated carbocycles. The monoisotopic (exact) mass is 248 g/mol. The molecule has 0 atom stereocenters. The SMILES string of the molecule is CC(C)(N)C1(c2ccc3[nH]c(=O)oc3c2)COC1. The van der Waals surface area contributed by atoms with E-state index in [1.165, 1.54) is 0 Å². The zero-order valence-electron chi connectivity index (χ0n) is 10.4. The summed E-state index contributed by atoms with van der Waals surface area (Å²) in [4.78, 5) is 13.8. The first kappa shape index (κ1) is 11.5. The van der Waals surface area contributed by atoms with Gasteiger partial charge < -0.3 is 14.9 Å². The number of H-pyrrole nitrogens is 1.